The molecule has 2 atom stereocenters. The lowest BCUT2D eigenvalue weighted by atomic mass is 9.95. The number of hydrogen-bond acceptors (Lipinski definition) is 8. The highest BCUT2D eigenvalue weighted by atomic mass is 35.5. The van der Waals surface area contributed by atoms with Gasteiger partial charge in [0.05, 0.1) is 36.3 Å². The number of nitrogens with one attached hydrogen (secondary N) is 1. The normalized spacial score (nSPS) is 17.7. The maximum absolute atomic E-state index is 13.5. The number of amides is 1. The molecule has 2 aliphatic rings. The first-order chi connectivity index (χ1) is 19.9. The summed E-state index contributed by atoms with van der Waals surface area (Å²) in [5.74, 6) is 1.03. The first kappa shape index (κ1) is 25.2. The molecule has 3 N–H and O–H groups in total. The summed E-state index contributed by atoms with van der Waals surface area (Å²) in [6.07, 6.45) is 4.52. The topological polar surface area (TPSA) is 156 Å². The van der Waals surface area contributed by atoms with Gasteiger partial charge in [-0.05, 0) is 76.9 Å². The number of nitrogens with two attached hydrogens (primary N) is 1. The zero-order chi connectivity index (χ0) is 28.1. The third-order valence-electron chi connectivity index (χ3n) is 7.49. The molecule has 2 aliphatic heterocycles. The van der Waals surface area contributed by atoms with Gasteiger partial charge >= 0.3 is 6.09 Å². The number of carbonyl (C=O) groups is 1. The molecule has 1 unspecified atom stereocenters. The number of rotatable bonds is 6. The van der Waals surface area contributed by atoms with Gasteiger partial charge in [0.25, 0.3) is 5.56 Å². The van der Waals surface area contributed by atoms with Gasteiger partial charge < -0.3 is 24.8 Å². The molecule has 0 spiro atoms. The molecule has 3 aromatic heterocycles. The minimum atomic E-state index is -0.877. The van der Waals surface area contributed by atoms with Crippen molar-refractivity contribution >= 4 is 17.7 Å². The second kappa shape index (κ2) is 9.98. The molecule has 2 aromatic carbocycles. The van der Waals surface area contributed by atoms with Crippen LogP contribution in [0, 0.1) is 0 Å². The number of fused-ring (bicyclic) bond motifs is 1. The van der Waals surface area contributed by atoms with E-state index in [0.717, 1.165) is 40.1 Å². The Morgan fingerprint density at radius 2 is 2.00 bits per heavy atom. The van der Waals surface area contributed by atoms with Gasteiger partial charge in [0.1, 0.15) is 17.9 Å². The standard InChI is InChI=1S/C28H23ClN8O4/c29-16-1-5-23(36-14-32-34-35-36)20(11-16)15-9-17-2-6-24(37(17)26(38)10-15)27-31-13-22(33-27)19-4-3-18(41-28(30)39)12-21(19)25-7-8-40-25/h1,3-5,9-14,24-25H,2,6-8H2,(H2,30,39)(H,31,33)/t24-,25?/m0/s1. The summed E-state index contributed by atoms with van der Waals surface area (Å²) in [7, 11) is 0. The van der Waals surface area contributed by atoms with E-state index >= 15 is 0 Å². The van der Waals surface area contributed by atoms with Crippen LogP contribution in [-0.4, -0.2) is 47.4 Å². The van der Waals surface area contributed by atoms with Gasteiger partial charge in [0, 0.05) is 34.3 Å². The number of imidazole rings is 1. The van der Waals surface area contributed by atoms with Crippen LogP contribution in [0.4, 0.5) is 4.79 Å². The van der Waals surface area contributed by atoms with E-state index in [2.05, 4.69) is 25.5 Å². The fourth-order valence-corrected chi connectivity index (χ4v) is 5.75. The van der Waals surface area contributed by atoms with Crippen molar-refractivity contribution in [2.45, 2.75) is 31.4 Å². The second-order valence-electron chi connectivity index (χ2n) is 9.91. The molecule has 0 bridgehead atoms. The molecule has 12 nitrogen and oxygen atoms in total. The van der Waals surface area contributed by atoms with Gasteiger partial charge in [-0.1, -0.05) is 11.6 Å². The number of tetrazole rings is 1. The average molecular weight is 571 g/mol. The Morgan fingerprint density at radius 3 is 2.76 bits per heavy atom. The predicted octanol–water partition coefficient (Wildman–Crippen LogP) is 3.99. The van der Waals surface area contributed by atoms with Gasteiger partial charge in [-0.2, -0.15) is 4.68 Å². The maximum atomic E-state index is 13.5. The zero-order valence-electron chi connectivity index (χ0n) is 21.5. The van der Waals surface area contributed by atoms with Gasteiger partial charge in [0.15, 0.2) is 0 Å². The monoisotopic (exact) mass is 570 g/mol. The molecule has 0 aliphatic carbocycles. The zero-order valence-corrected chi connectivity index (χ0v) is 22.3. The van der Waals surface area contributed by atoms with Crippen LogP contribution in [0.2, 0.25) is 5.02 Å². The first-order valence-electron chi connectivity index (χ1n) is 13.0. The van der Waals surface area contributed by atoms with E-state index in [-0.39, 0.29) is 17.7 Å². The summed E-state index contributed by atoms with van der Waals surface area (Å²) in [5.41, 5.74) is 10.7. The summed E-state index contributed by atoms with van der Waals surface area (Å²) in [4.78, 5) is 32.9. The smallest absolute Gasteiger partial charge is 0.409 e. The van der Waals surface area contributed by atoms with Crippen LogP contribution in [0.1, 0.15) is 42.1 Å². The highest BCUT2D eigenvalue weighted by Crippen LogP contribution is 2.39. The van der Waals surface area contributed by atoms with E-state index < -0.39 is 6.09 Å². The highest BCUT2D eigenvalue weighted by molar-refractivity contribution is 6.31. The molecule has 13 heteroatoms. The number of hydrogen-bond donors (Lipinski definition) is 2. The Labute approximate surface area is 237 Å². The Balaban J connectivity index is 1.23. The van der Waals surface area contributed by atoms with Crippen molar-refractivity contribution < 1.29 is 14.3 Å². The molecule has 5 heterocycles. The number of carbonyl (C=O) groups excluding carboxylic acids is 1. The lowest BCUT2D eigenvalue weighted by Crippen LogP contribution is -2.24. The lowest BCUT2D eigenvalue weighted by molar-refractivity contribution is -0.0524. The molecule has 0 radical (unpaired) electrons. The van der Waals surface area contributed by atoms with Crippen LogP contribution in [0.25, 0.3) is 28.1 Å². The van der Waals surface area contributed by atoms with Crippen LogP contribution < -0.4 is 16.0 Å². The fourth-order valence-electron chi connectivity index (χ4n) is 5.58. The largest absolute Gasteiger partial charge is 0.410 e. The van der Waals surface area contributed by atoms with E-state index in [4.69, 9.17) is 26.8 Å². The number of halogens is 1. The van der Waals surface area contributed by atoms with Gasteiger partial charge in [-0.3, -0.25) is 4.79 Å². The van der Waals surface area contributed by atoms with Gasteiger partial charge in [0.2, 0.25) is 0 Å². The minimum absolute atomic E-state index is 0.119. The van der Waals surface area contributed by atoms with E-state index in [0.29, 0.717) is 41.7 Å². The summed E-state index contributed by atoms with van der Waals surface area (Å²) in [6.45, 7) is 0.662. The number of benzene rings is 2. The fraction of sp³-hybridized carbons (Fsp3) is 0.214. The van der Waals surface area contributed by atoms with Crippen molar-refractivity contribution in [3.8, 4) is 33.8 Å². The van der Waals surface area contributed by atoms with Gasteiger partial charge in [-0.15, -0.1) is 5.10 Å². The minimum Gasteiger partial charge on any atom is -0.410 e. The molecular weight excluding hydrogens is 548 g/mol. The van der Waals surface area contributed by atoms with Crippen molar-refractivity contribution in [2.75, 3.05) is 6.61 Å². The Hall–Kier alpha value is -4.81. The van der Waals surface area contributed by atoms with Crippen molar-refractivity contribution in [3.05, 3.63) is 93.5 Å². The van der Waals surface area contributed by atoms with Gasteiger partial charge in [-0.25, -0.2) is 9.78 Å². The lowest BCUT2D eigenvalue weighted by Gasteiger charge is -2.28. The first-order valence-corrected chi connectivity index (χ1v) is 13.4. The number of aromatic amines is 1. The molecule has 0 saturated carbocycles. The SMILES string of the molecule is NC(=O)Oc1ccc(-c2cnc([C@@H]3CCc4cc(-c5cc(Cl)ccc5-n5cnnn5)cc(=O)n43)[nH]2)c(C2CCO2)c1. The van der Waals surface area contributed by atoms with E-state index in [9.17, 15) is 9.59 Å². The van der Waals surface area contributed by atoms with Crippen molar-refractivity contribution in [2.24, 2.45) is 5.73 Å². The molecule has 7 rings (SSSR count). The molecule has 5 aromatic rings. The van der Waals surface area contributed by atoms with E-state index in [1.165, 1.54) is 6.33 Å². The van der Waals surface area contributed by atoms with E-state index in [1.54, 1.807) is 45.8 Å². The highest BCUT2D eigenvalue weighted by Gasteiger charge is 2.29. The summed E-state index contributed by atoms with van der Waals surface area (Å²) < 4.78 is 14.1. The average Bonchev–Trinajstić information content (AvgIpc) is 3.68. The molecular formula is C28H23ClN8O4. The number of H-pyrrole nitrogens is 1. The Morgan fingerprint density at radius 1 is 1.12 bits per heavy atom. The summed E-state index contributed by atoms with van der Waals surface area (Å²) in [6, 6.07) is 14.0. The number of aromatic nitrogens is 7. The third kappa shape index (κ3) is 4.56. The predicted molar refractivity (Wildman–Crippen MR) is 148 cm³/mol. The van der Waals surface area contributed by atoms with Crippen molar-refractivity contribution in [3.63, 3.8) is 0 Å². The van der Waals surface area contributed by atoms with Crippen LogP contribution >= 0.6 is 11.6 Å². The molecule has 41 heavy (non-hydrogen) atoms. The molecule has 1 amide bonds. The van der Waals surface area contributed by atoms with Crippen LogP contribution in [-0.2, 0) is 11.2 Å². The molecule has 206 valence electrons. The summed E-state index contributed by atoms with van der Waals surface area (Å²) >= 11 is 6.32. The quantitative estimate of drug-likeness (QED) is 0.310. The number of ether oxygens (including phenoxy) is 2. The number of primary amides is 1. The maximum Gasteiger partial charge on any atom is 0.409 e. The molecule has 1 saturated heterocycles. The number of nitrogens with zero attached hydrogens (tertiary/aromatic N) is 6. The van der Waals surface area contributed by atoms with Crippen LogP contribution in [0.5, 0.6) is 5.75 Å². The Bertz CT molecular complexity index is 1840. The second-order valence-corrected chi connectivity index (χ2v) is 10.4. The number of pyridine rings is 1. The van der Waals surface area contributed by atoms with Crippen LogP contribution in [0.15, 0.2) is 65.8 Å². The molecule has 1 fully saturated rings. The number of aryl methyl sites for hydroxylation is 1. The summed E-state index contributed by atoms with van der Waals surface area (Å²) in [5, 5.41) is 12.0. The van der Waals surface area contributed by atoms with Crippen molar-refractivity contribution in [1.29, 1.82) is 0 Å². The Kier molecular flexibility index (Phi) is 6.13. The van der Waals surface area contributed by atoms with Crippen LogP contribution in [0.3, 0.4) is 0 Å². The van der Waals surface area contributed by atoms with Crippen molar-refractivity contribution in [1.82, 2.24) is 34.7 Å². The van der Waals surface area contributed by atoms with E-state index in [1.807, 2.05) is 18.2 Å². The third-order valence-corrected chi connectivity index (χ3v) is 7.72.